The summed E-state index contributed by atoms with van der Waals surface area (Å²) < 4.78 is 0. The SMILES string of the molecule is CCCCCCCCCc1c(C#N)c(N)nc(SCc2ccccc2)c1C#N. The van der Waals surface area contributed by atoms with Gasteiger partial charge in [-0.1, -0.05) is 75.8 Å². The monoisotopic (exact) mass is 392 g/mol. The van der Waals surface area contributed by atoms with Crippen LogP contribution in [0.3, 0.4) is 0 Å². The second-order valence-electron chi connectivity index (χ2n) is 6.90. The number of anilines is 1. The topological polar surface area (TPSA) is 86.5 Å². The Morgan fingerprint density at radius 3 is 2.21 bits per heavy atom. The lowest BCUT2D eigenvalue weighted by Gasteiger charge is -2.13. The van der Waals surface area contributed by atoms with Crippen LogP contribution in [-0.2, 0) is 12.2 Å². The number of nitriles is 2. The molecule has 1 aromatic heterocycles. The first-order chi connectivity index (χ1) is 13.7. The number of nitrogens with two attached hydrogens (primary N) is 1. The van der Waals surface area contributed by atoms with Crippen LogP contribution in [0.4, 0.5) is 5.82 Å². The van der Waals surface area contributed by atoms with Crippen molar-refractivity contribution in [3.05, 3.63) is 52.6 Å². The molecule has 0 saturated carbocycles. The molecule has 1 aromatic carbocycles. The second-order valence-corrected chi connectivity index (χ2v) is 7.86. The van der Waals surface area contributed by atoms with Crippen molar-refractivity contribution in [3.8, 4) is 12.1 Å². The predicted molar refractivity (Wildman–Crippen MR) is 116 cm³/mol. The number of aromatic nitrogens is 1. The van der Waals surface area contributed by atoms with Crippen LogP contribution in [0.1, 0.15) is 74.1 Å². The fraction of sp³-hybridized carbons (Fsp3) is 0.435. The third-order valence-corrected chi connectivity index (χ3v) is 5.81. The van der Waals surface area contributed by atoms with Crippen LogP contribution in [-0.4, -0.2) is 4.98 Å². The minimum atomic E-state index is 0.231. The zero-order valence-electron chi connectivity index (χ0n) is 16.6. The van der Waals surface area contributed by atoms with E-state index in [2.05, 4.69) is 24.0 Å². The molecule has 0 amide bonds. The summed E-state index contributed by atoms with van der Waals surface area (Å²) in [7, 11) is 0. The number of unbranched alkanes of at least 4 members (excludes halogenated alkanes) is 6. The van der Waals surface area contributed by atoms with Gasteiger partial charge < -0.3 is 5.73 Å². The Morgan fingerprint density at radius 1 is 0.929 bits per heavy atom. The number of hydrogen-bond donors (Lipinski definition) is 1. The van der Waals surface area contributed by atoms with Gasteiger partial charge in [-0.2, -0.15) is 10.5 Å². The minimum Gasteiger partial charge on any atom is -0.383 e. The van der Waals surface area contributed by atoms with Crippen molar-refractivity contribution in [2.45, 2.75) is 69.1 Å². The lowest BCUT2D eigenvalue weighted by molar-refractivity contribution is 0.588. The second kappa shape index (κ2) is 12.1. The molecule has 0 aliphatic rings. The minimum absolute atomic E-state index is 0.231. The van der Waals surface area contributed by atoms with Gasteiger partial charge in [-0.25, -0.2) is 4.98 Å². The molecule has 146 valence electrons. The smallest absolute Gasteiger partial charge is 0.143 e. The maximum Gasteiger partial charge on any atom is 0.143 e. The van der Waals surface area contributed by atoms with Gasteiger partial charge in [0.05, 0.1) is 11.1 Å². The standard InChI is InChI=1S/C23H28N4S/c1-2-3-4-5-6-7-11-14-19-20(15-24)22(26)27-23(21(19)16-25)28-17-18-12-9-8-10-13-18/h8-10,12-13H,2-7,11,14,17H2,1H3,(H2,26,27). The van der Waals surface area contributed by atoms with E-state index in [1.165, 1.54) is 43.9 Å². The molecule has 0 saturated heterocycles. The lowest BCUT2D eigenvalue weighted by Crippen LogP contribution is -2.06. The number of thioether (sulfide) groups is 1. The van der Waals surface area contributed by atoms with Gasteiger partial charge in [0, 0.05) is 5.75 Å². The first-order valence-corrected chi connectivity index (χ1v) is 11.0. The molecule has 28 heavy (non-hydrogen) atoms. The fourth-order valence-corrected chi connectivity index (χ4v) is 4.18. The molecule has 0 unspecified atom stereocenters. The Balaban J connectivity index is 2.10. The number of nitrogen functional groups attached to an aromatic ring is 1. The number of nitrogens with zero attached hydrogens (tertiary/aromatic N) is 3. The average Bonchev–Trinajstić information content (AvgIpc) is 2.72. The Labute approximate surface area is 172 Å². The first kappa shape index (κ1) is 21.8. The highest BCUT2D eigenvalue weighted by Crippen LogP contribution is 2.31. The van der Waals surface area contributed by atoms with Gasteiger partial charge >= 0.3 is 0 Å². The zero-order valence-corrected chi connectivity index (χ0v) is 17.4. The number of benzene rings is 1. The molecular weight excluding hydrogens is 364 g/mol. The van der Waals surface area contributed by atoms with Crippen LogP contribution in [0.25, 0.3) is 0 Å². The number of pyridine rings is 1. The highest BCUT2D eigenvalue weighted by Gasteiger charge is 2.18. The van der Waals surface area contributed by atoms with Crippen molar-refractivity contribution < 1.29 is 0 Å². The van der Waals surface area contributed by atoms with E-state index in [-0.39, 0.29) is 5.82 Å². The largest absolute Gasteiger partial charge is 0.383 e. The summed E-state index contributed by atoms with van der Waals surface area (Å²) in [4.78, 5) is 4.36. The van der Waals surface area contributed by atoms with Gasteiger partial charge in [0.15, 0.2) is 0 Å². The molecule has 0 bridgehead atoms. The van der Waals surface area contributed by atoms with Crippen LogP contribution >= 0.6 is 11.8 Å². The van der Waals surface area contributed by atoms with E-state index in [1.807, 2.05) is 30.3 Å². The molecule has 4 nitrogen and oxygen atoms in total. The molecule has 0 aliphatic carbocycles. The molecule has 0 fully saturated rings. The van der Waals surface area contributed by atoms with Crippen LogP contribution < -0.4 is 5.73 Å². The summed E-state index contributed by atoms with van der Waals surface area (Å²) in [5.74, 6) is 0.945. The van der Waals surface area contributed by atoms with E-state index in [0.717, 1.165) is 24.0 Å². The predicted octanol–water partition coefficient (Wildman–Crippen LogP) is 5.99. The van der Waals surface area contributed by atoms with Crippen molar-refractivity contribution in [3.63, 3.8) is 0 Å². The maximum atomic E-state index is 9.75. The van der Waals surface area contributed by atoms with Crippen molar-refractivity contribution >= 4 is 17.6 Å². The van der Waals surface area contributed by atoms with Gasteiger partial charge in [-0.05, 0) is 24.0 Å². The van der Waals surface area contributed by atoms with E-state index in [9.17, 15) is 10.5 Å². The summed E-state index contributed by atoms with van der Waals surface area (Å²) in [5, 5.41) is 19.9. The van der Waals surface area contributed by atoms with Crippen molar-refractivity contribution in [2.75, 3.05) is 5.73 Å². The quantitative estimate of drug-likeness (QED) is 0.375. The van der Waals surface area contributed by atoms with Crippen LogP contribution in [0.15, 0.2) is 35.4 Å². The molecule has 0 aliphatic heterocycles. The molecule has 1 heterocycles. The van der Waals surface area contributed by atoms with E-state index in [1.54, 1.807) is 0 Å². The van der Waals surface area contributed by atoms with E-state index in [4.69, 9.17) is 5.73 Å². The lowest BCUT2D eigenvalue weighted by atomic mass is 9.98. The van der Waals surface area contributed by atoms with Crippen LogP contribution in [0.5, 0.6) is 0 Å². The van der Waals surface area contributed by atoms with E-state index < -0.39 is 0 Å². The molecule has 0 radical (unpaired) electrons. The third kappa shape index (κ3) is 6.29. The Bertz CT molecular complexity index is 834. The average molecular weight is 393 g/mol. The molecule has 0 spiro atoms. The van der Waals surface area contributed by atoms with Crippen molar-refractivity contribution in [1.82, 2.24) is 4.98 Å². The summed E-state index contributed by atoms with van der Waals surface area (Å²) in [5.41, 5.74) is 8.86. The van der Waals surface area contributed by atoms with Crippen molar-refractivity contribution in [1.29, 1.82) is 10.5 Å². The molecule has 0 atom stereocenters. The summed E-state index contributed by atoms with van der Waals surface area (Å²) in [6.07, 6.45) is 9.03. The van der Waals surface area contributed by atoms with Crippen LogP contribution in [0, 0.1) is 22.7 Å². The molecular formula is C23H28N4S. The van der Waals surface area contributed by atoms with Gasteiger partial charge in [0.1, 0.15) is 23.0 Å². The number of hydrogen-bond acceptors (Lipinski definition) is 5. The van der Waals surface area contributed by atoms with E-state index >= 15 is 0 Å². The third-order valence-electron chi connectivity index (χ3n) is 4.77. The van der Waals surface area contributed by atoms with Crippen molar-refractivity contribution in [2.24, 2.45) is 0 Å². The zero-order chi connectivity index (χ0) is 20.2. The highest BCUT2D eigenvalue weighted by molar-refractivity contribution is 7.98. The molecule has 2 rings (SSSR count). The van der Waals surface area contributed by atoms with Gasteiger partial charge in [0.2, 0.25) is 0 Å². The Morgan fingerprint density at radius 2 is 1.57 bits per heavy atom. The van der Waals surface area contributed by atoms with Crippen LogP contribution in [0.2, 0.25) is 0 Å². The molecule has 5 heteroatoms. The Kier molecular flexibility index (Phi) is 9.39. The summed E-state index contributed by atoms with van der Waals surface area (Å²) >= 11 is 1.50. The van der Waals surface area contributed by atoms with E-state index in [0.29, 0.717) is 28.3 Å². The highest BCUT2D eigenvalue weighted by atomic mass is 32.2. The fourth-order valence-electron chi connectivity index (χ4n) is 3.21. The normalized spacial score (nSPS) is 10.4. The van der Waals surface area contributed by atoms with Gasteiger partial charge in [-0.3, -0.25) is 0 Å². The summed E-state index contributed by atoms with van der Waals surface area (Å²) in [6.45, 7) is 2.22. The Hall–Kier alpha value is -2.50. The van der Waals surface area contributed by atoms with Gasteiger partial charge in [0.25, 0.3) is 0 Å². The molecule has 2 aromatic rings. The van der Waals surface area contributed by atoms with Gasteiger partial charge in [-0.15, -0.1) is 11.8 Å². The number of rotatable bonds is 11. The maximum absolute atomic E-state index is 9.75. The first-order valence-electron chi connectivity index (χ1n) is 10.0. The molecule has 2 N–H and O–H groups in total. The summed E-state index contributed by atoms with van der Waals surface area (Å²) in [6, 6.07) is 14.5.